The van der Waals surface area contributed by atoms with Crippen molar-refractivity contribution in [3.63, 3.8) is 0 Å². The third-order valence-corrected chi connectivity index (χ3v) is 8.68. The van der Waals surface area contributed by atoms with Crippen molar-refractivity contribution in [2.45, 2.75) is 55.5 Å². The fourth-order valence-electron chi connectivity index (χ4n) is 8.11. The molecule has 2 aliphatic heterocycles. The maximum Gasteiger partial charge on any atom is 0.174 e. The van der Waals surface area contributed by atoms with E-state index in [9.17, 15) is 9.90 Å². The molecule has 2 aromatic carbocycles. The van der Waals surface area contributed by atoms with Crippen molar-refractivity contribution in [1.82, 2.24) is 4.90 Å². The van der Waals surface area contributed by atoms with Crippen LogP contribution in [0.2, 0.25) is 0 Å². The fraction of sp³-hybridized carbons (Fsp3) is 0.480. The van der Waals surface area contributed by atoms with Gasteiger partial charge in [0.25, 0.3) is 0 Å². The van der Waals surface area contributed by atoms with Crippen LogP contribution in [0, 0.1) is 5.41 Å². The molecule has 2 spiro atoms. The first-order valence-electron chi connectivity index (χ1n) is 10.9. The number of hydrogen-bond donors (Lipinski definition) is 1. The molecule has 5 atom stereocenters. The summed E-state index contributed by atoms with van der Waals surface area (Å²) in [5.41, 5.74) is 2.55. The lowest BCUT2D eigenvalue weighted by Gasteiger charge is -2.58. The number of Topliss-reactive ketones (excluding diaryl/α,β-unsaturated/α-hetero) is 1. The van der Waals surface area contributed by atoms with Crippen LogP contribution < -0.4 is 4.74 Å². The number of carbonyl (C=O) groups is 1. The summed E-state index contributed by atoms with van der Waals surface area (Å²) < 4.78 is 13.3. The van der Waals surface area contributed by atoms with Crippen LogP contribution in [0.25, 0.3) is 0 Å². The average Bonchev–Trinajstić information content (AvgIpc) is 3.17. The normalized spacial score (nSPS) is 39.8. The summed E-state index contributed by atoms with van der Waals surface area (Å²) in [4.78, 5) is 15.6. The highest BCUT2D eigenvalue weighted by molar-refractivity contribution is 5.90. The smallest absolute Gasteiger partial charge is 0.174 e. The van der Waals surface area contributed by atoms with Gasteiger partial charge >= 0.3 is 0 Å². The highest BCUT2D eigenvalue weighted by Crippen LogP contribution is 2.75. The third kappa shape index (κ3) is 1.70. The number of rotatable bonds is 3. The number of likely N-dealkylation sites (tertiary alicyclic amines) is 1. The number of hydrogen-bond acceptors (Lipinski definition) is 5. The van der Waals surface area contributed by atoms with Gasteiger partial charge in [-0.15, -0.1) is 0 Å². The Morgan fingerprint density at radius 1 is 1.23 bits per heavy atom. The second-order valence-electron chi connectivity index (χ2n) is 10.1. The number of benzene rings is 2. The van der Waals surface area contributed by atoms with Crippen molar-refractivity contribution in [3.8, 4) is 11.5 Å². The summed E-state index contributed by atoms with van der Waals surface area (Å²) in [7, 11) is 2.19. The SMILES string of the molecule is CN1C[C@]23Cc4ccc(O)c5c4[C@@]4(C2)[C@@H](O5)C(=O)CC[C@@]4(OCc2ccccc2)C13. The molecular weight excluding hydrogens is 378 g/mol. The fourth-order valence-corrected chi connectivity index (χ4v) is 8.11. The second-order valence-corrected chi connectivity index (χ2v) is 10.1. The molecule has 2 aromatic rings. The van der Waals surface area contributed by atoms with E-state index >= 15 is 0 Å². The number of phenols is 1. The molecule has 5 nitrogen and oxygen atoms in total. The van der Waals surface area contributed by atoms with E-state index in [2.05, 4.69) is 24.1 Å². The zero-order chi connectivity index (χ0) is 20.3. The highest BCUT2D eigenvalue weighted by Gasteiger charge is 2.83. The molecule has 1 N–H and O–H groups in total. The first kappa shape index (κ1) is 17.3. The summed E-state index contributed by atoms with van der Waals surface area (Å²) in [6.07, 6.45) is 2.49. The van der Waals surface area contributed by atoms with E-state index in [1.165, 1.54) is 5.56 Å². The lowest BCUT2D eigenvalue weighted by Crippen LogP contribution is -2.71. The number of aromatic hydroxyl groups is 1. The van der Waals surface area contributed by atoms with Crippen molar-refractivity contribution in [1.29, 1.82) is 0 Å². The van der Waals surface area contributed by atoms with Crippen LogP contribution in [0.1, 0.15) is 36.0 Å². The summed E-state index contributed by atoms with van der Waals surface area (Å²) >= 11 is 0. The van der Waals surface area contributed by atoms with Gasteiger partial charge in [0.05, 0.1) is 17.6 Å². The topological polar surface area (TPSA) is 59.0 Å². The van der Waals surface area contributed by atoms with E-state index in [-0.39, 0.29) is 23.0 Å². The molecule has 154 valence electrons. The van der Waals surface area contributed by atoms with Gasteiger partial charge in [0.2, 0.25) is 0 Å². The standard InChI is InChI=1S/C25H25NO4/c1-26-14-23-11-16-7-8-17(27)20-19(16)24(13-23)21(30-20)18(28)9-10-25(24,22(23)26)29-12-15-5-3-2-4-6-15/h2-8,21-22,27H,9-14H2,1H3/t21-,22?,23-,24-,25+/m0/s1. The van der Waals surface area contributed by atoms with Gasteiger partial charge in [-0.1, -0.05) is 36.4 Å². The van der Waals surface area contributed by atoms with Gasteiger partial charge in [-0.05, 0) is 43.5 Å². The molecule has 2 heterocycles. The van der Waals surface area contributed by atoms with Gasteiger partial charge in [-0.25, -0.2) is 0 Å². The zero-order valence-electron chi connectivity index (χ0n) is 17.1. The lowest BCUT2D eigenvalue weighted by molar-refractivity contribution is -0.194. The number of ether oxygens (including phenoxy) is 2. The predicted octanol–water partition coefficient (Wildman–Crippen LogP) is 2.97. The van der Waals surface area contributed by atoms with Crippen LogP contribution in [0.3, 0.4) is 0 Å². The number of nitrogens with zero attached hydrogens (tertiary/aromatic N) is 1. The Morgan fingerprint density at radius 3 is 2.87 bits per heavy atom. The van der Waals surface area contributed by atoms with E-state index in [0.29, 0.717) is 25.2 Å². The highest BCUT2D eigenvalue weighted by atomic mass is 16.5. The first-order valence-corrected chi connectivity index (χ1v) is 10.9. The van der Waals surface area contributed by atoms with Gasteiger partial charge in [0.15, 0.2) is 23.4 Å². The second kappa shape index (κ2) is 5.27. The maximum atomic E-state index is 13.2. The van der Waals surface area contributed by atoms with Crippen molar-refractivity contribution in [3.05, 3.63) is 59.2 Å². The minimum Gasteiger partial charge on any atom is -0.504 e. The predicted molar refractivity (Wildman–Crippen MR) is 110 cm³/mol. The molecule has 5 heteroatoms. The zero-order valence-corrected chi connectivity index (χ0v) is 17.1. The molecule has 2 bridgehead atoms. The van der Waals surface area contributed by atoms with Gasteiger partial charge in [-0.2, -0.15) is 0 Å². The van der Waals surface area contributed by atoms with Crippen LogP contribution in [-0.4, -0.2) is 47.1 Å². The van der Waals surface area contributed by atoms with Crippen LogP contribution in [-0.2, 0) is 28.0 Å². The Hall–Kier alpha value is -2.37. The van der Waals surface area contributed by atoms with Crippen LogP contribution in [0.4, 0.5) is 0 Å². The Balaban J connectivity index is 1.46. The molecule has 0 aromatic heterocycles. The largest absolute Gasteiger partial charge is 0.504 e. The number of carbonyl (C=O) groups excluding carboxylic acids is 1. The van der Waals surface area contributed by atoms with E-state index in [4.69, 9.17) is 9.47 Å². The van der Waals surface area contributed by atoms with Crippen molar-refractivity contribution in [2.75, 3.05) is 13.6 Å². The number of fused-ring (bicyclic) bond motifs is 1. The summed E-state index contributed by atoms with van der Waals surface area (Å²) in [6.45, 7) is 1.54. The Morgan fingerprint density at radius 2 is 2.07 bits per heavy atom. The lowest BCUT2D eigenvalue weighted by atomic mass is 9.57. The van der Waals surface area contributed by atoms with Crippen molar-refractivity contribution >= 4 is 5.78 Å². The molecule has 3 aliphatic carbocycles. The van der Waals surface area contributed by atoms with Gasteiger partial charge in [0, 0.05) is 30.0 Å². The maximum absolute atomic E-state index is 13.2. The Bertz CT molecular complexity index is 1100. The molecule has 2 saturated carbocycles. The van der Waals surface area contributed by atoms with Crippen LogP contribution in [0.15, 0.2) is 42.5 Å². The molecule has 0 radical (unpaired) electrons. The van der Waals surface area contributed by atoms with Crippen molar-refractivity contribution in [2.24, 2.45) is 5.41 Å². The molecule has 30 heavy (non-hydrogen) atoms. The number of ketones is 1. The molecule has 3 fully saturated rings. The molecular formula is C25H25NO4. The summed E-state index contributed by atoms with van der Waals surface area (Å²) in [5.74, 6) is 0.821. The van der Waals surface area contributed by atoms with Gasteiger partial charge < -0.3 is 14.6 Å². The van der Waals surface area contributed by atoms with Gasteiger partial charge in [0.1, 0.15) is 0 Å². The summed E-state index contributed by atoms with van der Waals surface area (Å²) in [5, 5.41) is 10.6. The first-order chi connectivity index (χ1) is 14.5. The third-order valence-electron chi connectivity index (χ3n) is 8.68. The van der Waals surface area contributed by atoms with Gasteiger partial charge in [-0.3, -0.25) is 9.69 Å². The van der Waals surface area contributed by atoms with E-state index in [1.807, 2.05) is 24.3 Å². The van der Waals surface area contributed by atoms with Crippen molar-refractivity contribution < 1.29 is 19.4 Å². The Kier molecular flexibility index (Phi) is 3.04. The Labute approximate surface area is 175 Å². The average molecular weight is 403 g/mol. The quantitative estimate of drug-likeness (QED) is 0.854. The monoisotopic (exact) mass is 403 g/mol. The molecule has 5 aliphatic rings. The number of likely N-dealkylation sites (N-methyl/N-ethyl adjacent to an activating group) is 1. The van der Waals surface area contributed by atoms with Crippen LogP contribution in [0.5, 0.6) is 11.5 Å². The summed E-state index contributed by atoms with van der Waals surface area (Å²) in [6, 6.07) is 14.3. The molecule has 0 amide bonds. The van der Waals surface area contributed by atoms with E-state index < -0.39 is 17.1 Å². The van der Waals surface area contributed by atoms with Crippen LogP contribution >= 0.6 is 0 Å². The minimum absolute atomic E-state index is 0.114. The molecule has 1 unspecified atom stereocenters. The minimum atomic E-state index is -0.555. The van der Waals surface area contributed by atoms with E-state index in [1.54, 1.807) is 6.07 Å². The molecule has 1 saturated heterocycles. The number of phenolic OH excluding ortho intramolecular Hbond substituents is 1. The van der Waals surface area contributed by atoms with E-state index in [0.717, 1.165) is 30.5 Å². The molecule has 7 rings (SSSR count).